The highest BCUT2D eigenvalue weighted by Gasteiger charge is 2.31. The molecule has 1 atom stereocenters. The van der Waals surface area contributed by atoms with Crippen molar-refractivity contribution in [3.8, 4) is 0 Å². The van der Waals surface area contributed by atoms with E-state index in [4.69, 9.17) is 0 Å². The van der Waals surface area contributed by atoms with E-state index in [9.17, 15) is 14.5 Å². The van der Waals surface area contributed by atoms with Crippen molar-refractivity contribution in [3.05, 3.63) is 34.1 Å². The lowest BCUT2D eigenvalue weighted by atomic mass is 10.0. The Bertz CT molecular complexity index is 462. The summed E-state index contributed by atoms with van der Waals surface area (Å²) in [6, 6.07) is 4.12. The fourth-order valence-corrected chi connectivity index (χ4v) is 2.67. The number of rotatable bonds is 3. The van der Waals surface area contributed by atoms with Crippen molar-refractivity contribution in [3.63, 3.8) is 0 Å². The van der Waals surface area contributed by atoms with Gasteiger partial charge in [-0.25, -0.2) is 4.39 Å². The summed E-state index contributed by atoms with van der Waals surface area (Å²) in [6.45, 7) is 5.02. The van der Waals surface area contributed by atoms with Crippen LogP contribution in [0.5, 0.6) is 0 Å². The molecular formula is C13H17FN2O2. The zero-order valence-electron chi connectivity index (χ0n) is 10.6. The summed E-state index contributed by atoms with van der Waals surface area (Å²) >= 11 is 0. The first-order valence-electron chi connectivity index (χ1n) is 6.21. The van der Waals surface area contributed by atoms with Gasteiger partial charge in [-0.2, -0.15) is 0 Å². The Labute approximate surface area is 106 Å². The van der Waals surface area contributed by atoms with Crippen LogP contribution in [-0.2, 0) is 0 Å². The fraction of sp³-hybridized carbons (Fsp3) is 0.538. The van der Waals surface area contributed by atoms with Gasteiger partial charge >= 0.3 is 0 Å². The quantitative estimate of drug-likeness (QED) is 0.612. The molecule has 1 aliphatic rings. The Morgan fingerprint density at radius 3 is 2.83 bits per heavy atom. The van der Waals surface area contributed by atoms with Crippen molar-refractivity contribution in [1.82, 2.24) is 0 Å². The van der Waals surface area contributed by atoms with Gasteiger partial charge in [0, 0.05) is 12.6 Å². The molecule has 0 unspecified atom stereocenters. The van der Waals surface area contributed by atoms with Crippen LogP contribution in [0.1, 0.15) is 26.7 Å². The molecule has 1 fully saturated rings. The van der Waals surface area contributed by atoms with Gasteiger partial charge in [0.05, 0.1) is 11.0 Å². The molecule has 5 heteroatoms. The van der Waals surface area contributed by atoms with Gasteiger partial charge in [0.2, 0.25) is 0 Å². The lowest BCUT2D eigenvalue weighted by Crippen LogP contribution is -2.33. The molecule has 0 aromatic heterocycles. The van der Waals surface area contributed by atoms with Gasteiger partial charge in [0.25, 0.3) is 5.69 Å². The van der Waals surface area contributed by atoms with Gasteiger partial charge in [-0.05, 0) is 30.9 Å². The number of nitro benzene ring substituents is 1. The molecule has 1 aromatic carbocycles. The van der Waals surface area contributed by atoms with Gasteiger partial charge in [-0.1, -0.05) is 13.8 Å². The minimum atomic E-state index is -0.564. The Morgan fingerprint density at radius 2 is 2.22 bits per heavy atom. The lowest BCUT2D eigenvalue weighted by molar-refractivity contribution is -0.384. The van der Waals surface area contributed by atoms with Crippen molar-refractivity contribution >= 4 is 11.4 Å². The Balaban J connectivity index is 2.41. The van der Waals surface area contributed by atoms with Crippen molar-refractivity contribution in [2.45, 2.75) is 32.7 Å². The van der Waals surface area contributed by atoms with E-state index in [0.29, 0.717) is 17.6 Å². The van der Waals surface area contributed by atoms with Crippen molar-refractivity contribution in [1.29, 1.82) is 0 Å². The summed E-state index contributed by atoms with van der Waals surface area (Å²) in [5, 5.41) is 11.0. The second-order valence-electron chi connectivity index (χ2n) is 5.04. The SMILES string of the molecule is CC(C)[C@@H]1CCCN1c1ccc(F)cc1[N+](=O)[O-]. The summed E-state index contributed by atoms with van der Waals surface area (Å²) in [5.74, 6) is -0.136. The van der Waals surface area contributed by atoms with Crippen LogP contribution in [0.15, 0.2) is 18.2 Å². The first-order chi connectivity index (χ1) is 8.50. The summed E-state index contributed by atoms with van der Waals surface area (Å²) in [6.07, 6.45) is 2.06. The van der Waals surface area contributed by atoms with Crippen LogP contribution in [-0.4, -0.2) is 17.5 Å². The fourth-order valence-electron chi connectivity index (χ4n) is 2.67. The zero-order chi connectivity index (χ0) is 13.3. The molecule has 0 saturated carbocycles. The number of nitrogens with zero attached hydrogens (tertiary/aromatic N) is 2. The standard InChI is InChI=1S/C13H17FN2O2/c1-9(2)11-4-3-7-15(11)12-6-5-10(14)8-13(12)16(17)18/h5-6,8-9,11H,3-4,7H2,1-2H3/t11-/m0/s1. The molecule has 0 amide bonds. The lowest BCUT2D eigenvalue weighted by Gasteiger charge is -2.29. The molecule has 1 aromatic rings. The average Bonchev–Trinajstić information content (AvgIpc) is 2.77. The van der Waals surface area contributed by atoms with E-state index in [1.54, 1.807) is 0 Å². The number of hydrogen-bond acceptors (Lipinski definition) is 3. The molecule has 18 heavy (non-hydrogen) atoms. The zero-order valence-corrected chi connectivity index (χ0v) is 10.6. The Hall–Kier alpha value is -1.65. The third-order valence-electron chi connectivity index (χ3n) is 3.51. The maximum absolute atomic E-state index is 13.1. The first-order valence-corrected chi connectivity index (χ1v) is 6.21. The maximum atomic E-state index is 13.1. The van der Waals surface area contributed by atoms with Crippen LogP contribution in [0, 0.1) is 21.8 Å². The van der Waals surface area contributed by atoms with Gasteiger partial charge in [0.1, 0.15) is 11.5 Å². The highest BCUT2D eigenvalue weighted by atomic mass is 19.1. The van der Waals surface area contributed by atoms with Crippen LogP contribution in [0.25, 0.3) is 0 Å². The summed E-state index contributed by atoms with van der Waals surface area (Å²) in [4.78, 5) is 12.6. The van der Waals surface area contributed by atoms with E-state index < -0.39 is 10.7 Å². The van der Waals surface area contributed by atoms with Crippen LogP contribution < -0.4 is 4.90 Å². The number of halogens is 1. The second kappa shape index (κ2) is 4.92. The molecule has 4 nitrogen and oxygen atoms in total. The average molecular weight is 252 g/mol. The van der Waals surface area contributed by atoms with Crippen molar-refractivity contribution < 1.29 is 9.31 Å². The van der Waals surface area contributed by atoms with Gasteiger partial charge in [-0.3, -0.25) is 10.1 Å². The molecule has 98 valence electrons. The van der Waals surface area contributed by atoms with Crippen LogP contribution in [0.4, 0.5) is 15.8 Å². The van der Waals surface area contributed by atoms with Gasteiger partial charge < -0.3 is 4.90 Å². The minimum absolute atomic E-state index is 0.137. The maximum Gasteiger partial charge on any atom is 0.295 e. The molecule has 0 spiro atoms. The van der Waals surface area contributed by atoms with Crippen LogP contribution >= 0.6 is 0 Å². The third-order valence-corrected chi connectivity index (χ3v) is 3.51. The molecule has 0 radical (unpaired) electrons. The summed E-state index contributed by atoms with van der Waals surface area (Å²) in [5.41, 5.74) is 0.403. The van der Waals surface area contributed by atoms with Gasteiger partial charge in [-0.15, -0.1) is 0 Å². The summed E-state index contributed by atoms with van der Waals surface area (Å²) in [7, 11) is 0. The van der Waals surface area contributed by atoms with Crippen LogP contribution in [0.3, 0.4) is 0 Å². The normalized spacial score (nSPS) is 19.6. The highest BCUT2D eigenvalue weighted by Crippen LogP contribution is 2.36. The van der Waals surface area contributed by atoms with Crippen molar-refractivity contribution in [2.24, 2.45) is 5.92 Å². The predicted molar refractivity (Wildman–Crippen MR) is 68.3 cm³/mol. The number of nitro groups is 1. The molecule has 2 rings (SSSR count). The monoisotopic (exact) mass is 252 g/mol. The second-order valence-corrected chi connectivity index (χ2v) is 5.04. The molecule has 0 bridgehead atoms. The molecule has 1 aliphatic heterocycles. The van der Waals surface area contributed by atoms with E-state index in [1.165, 1.54) is 12.1 Å². The van der Waals surface area contributed by atoms with E-state index in [-0.39, 0.29) is 5.69 Å². The molecule has 1 heterocycles. The van der Waals surface area contributed by atoms with E-state index in [2.05, 4.69) is 13.8 Å². The third kappa shape index (κ3) is 2.30. The van der Waals surface area contributed by atoms with E-state index in [1.807, 2.05) is 4.90 Å². The van der Waals surface area contributed by atoms with Gasteiger partial charge in [0.15, 0.2) is 0 Å². The largest absolute Gasteiger partial charge is 0.363 e. The van der Waals surface area contributed by atoms with E-state index >= 15 is 0 Å². The molecule has 1 saturated heterocycles. The molecule has 0 N–H and O–H groups in total. The molecule has 0 aliphatic carbocycles. The number of anilines is 1. The van der Waals surface area contributed by atoms with E-state index in [0.717, 1.165) is 25.5 Å². The smallest absolute Gasteiger partial charge is 0.295 e. The Kier molecular flexibility index (Phi) is 3.50. The topological polar surface area (TPSA) is 46.4 Å². The number of hydrogen-bond donors (Lipinski definition) is 0. The summed E-state index contributed by atoms with van der Waals surface area (Å²) < 4.78 is 13.1. The predicted octanol–water partition coefficient (Wildman–Crippen LogP) is 3.36. The first kappa shape index (κ1) is 12.8. The minimum Gasteiger partial charge on any atom is -0.363 e. The Morgan fingerprint density at radius 1 is 1.50 bits per heavy atom. The van der Waals surface area contributed by atoms with Crippen LogP contribution in [0.2, 0.25) is 0 Å². The van der Waals surface area contributed by atoms with Crippen molar-refractivity contribution in [2.75, 3.05) is 11.4 Å². The number of benzene rings is 1. The molecular weight excluding hydrogens is 235 g/mol. The highest BCUT2D eigenvalue weighted by molar-refractivity contribution is 5.64.